The topological polar surface area (TPSA) is 80.5 Å². The monoisotopic (exact) mass is 398 g/mol. The molecule has 1 N–H and O–H groups in total. The van der Waals surface area contributed by atoms with Crippen molar-refractivity contribution in [2.45, 2.75) is 56.1 Å². The summed E-state index contributed by atoms with van der Waals surface area (Å²) in [7, 11) is 0. The number of nitrogens with zero attached hydrogens (tertiary/aromatic N) is 3. The summed E-state index contributed by atoms with van der Waals surface area (Å²) >= 11 is 0. The molecule has 2 amide bonds. The Labute approximate surface area is 167 Å². The Morgan fingerprint density at radius 3 is 2.86 bits per heavy atom. The molecule has 152 valence electrons. The summed E-state index contributed by atoms with van der Waals surface area (Å²) in [5.41, 5.74) is 0.730. The molecule has 2 saturated heterocycles. The smallest absolute Gasteiger partial charge is 0.322 e. The number of likely N-dealkylation sites (tertiary alicyclic amines) is 1. The van der Waals surface area contributed by atoms with Crippen LogP contribution in [-0.4, -0.2) is 45.9 Å². The number of benzene rings is 1. The highest BCUT2D eigenvalue weighted by Gasteiger charge is 2.61. The predicted molar refractivity (Wildman–Crippen MR) is 102 cm³/mol. The molecule has 0 radical (unpaired) electrons. The number of hydrogen-bond donors (Lipinski definition) is 1. The van der Waals surface area contributed by atoms with Crippen LogP contribution in [0.3, 0.4) is 0 Å². The minimum atomic E-state index is -0.415. The Morgan fingerprint density at radius 1 is 1.28 bits per heavy atom. The molecule has 7 nitrogen and oxygen atoms in total. The number of hydrogen-bond acceptors (Lipinski definition) is 5. The summed E-state index contributed by atoms with van der Waals surface area (Å²) in [6, 6.07) is 4.16. The molecule has 2 aliphatic carbocycles. The van der Waals surface area contributed by atoms with Crippen molar-refractivity contribution >= 4 is 11.7 Å². The summed E-state index contributed by atoms with van der Waals surface area (Å²) in [6.45, 7) is 1.39. The van der Waals surface area contributed by atoms with Crippen molar-refractivity contribution in [1.82, 2.24) is 15.0 Å². The summed E-state index contributed by atoms with van der Waals surface area (Å²) in [4.78, 5) is 19.4. The van der Waals surface area contributed by atoms with Gasteiger partial charge in [-0.1, -0.05) is 5.16 Å². The van der Waals surface area contributed by atoms with Crippen molar-refractivity contribution < 1.29 is 18.4 Å². The zero-order chi connectivity index (χ0) is 19.6. The highest BCUT2D eigenvalue weighted by Crippen LogP contribution is 2.51. The van der Waals surface area contributed by atoms with E-state index in [-0.39, 0.29) is 23.6 Å². The van der Waals surface area contributed by atoms with Crippen molar-refractivity contribution in [3.63, 3.8) is 0 Å². The van der Waals surface area contributed by atoms with Crippen LogP contribution in [0.15, 0.2) is 22.7 Å². The van der Waals surface area contributed by atoms with Crippen molar-refractivity contribution in [1.29, 1.82) is 0 Å². The van der Waals surface area contributed by atoms with Gasteiger partial charge in [-0.2, -0.15) is 4.98 Å². The molecule has 1 spiro atoms. The molecule has 8 heteroatoms. The zero-order valence-corrected chi connectivity index (χ0v) is 16.1. The van der Waals surface area contributed by atoms with Gasteiger partial charge in [0.05, 0.1) is 23.8 Å². The van der Waals surface area contributed by atoms with Crippen LogP contribution in [-0.2, 0) is 4.74 Å². The van der Waals surface area contributed by atoms with Gasteiger partial charge in [-0.25, -0.2) is 9.18 Å². The Kier molecular flexibility index (Phi) is 3.75. The molecule has 2 atom stereocenters. The maximum Gasteiger partial charge on any atom is 0.322 e. The van der Waals surface area contributed by atoms with Crippen LogP contribution in [0, 0.1) is 11.7 Å². The number of anilines is 1. The van der Waals surface area contributed by atoms with Crippen LogP contribution in [0.2, 0.25) is 0 Å². The molecule has 6 rings (SSSR count). The van der Waals surface area contributed by atoms with E-state index in [2.05, 4.69) is 15.5 Å². The molecule has 4 fully saturated rings. The summed E-state index contributed by atoms with van der Waals surface area (Å²) in [6.07, 6.45) is 6.47. The zero-order valence-electron chi connectivity index (χ0n) is 16.1. The number of carbonyl (C=O) groups is 1. The number of aromatic nitrogens is 2. The molecular formula is C21H23FN4O3. The second kappa shape index (κ2) is 6.26. The lowest BCUT2D eigenvalue weighted by molar-refractivity contribution is -0.145. The van der Waals surface area contributed by atoms with Crippen LogP contribution in [0.5, 0.6) is 0 Å². The van der Waals surface area contributed by atoms with E-state index in [1.165, 1.54) is 12.1 Å². The first-order valence-corrected chi connectivity index (χ1v) is 10.5. The number of urea groups is 1. The lowest BCUT2D eigenvalue weighted by atomic mass is 9.78. The van der Waals surface area contributed by atoms with Crippen molar-refractivity contribution in [3.05, 3.63) is 29.8 Å². The van der Waals surface area contributed by atoms with Gasteiger partial charge in [0, 0.05) is 12.5 Å². The third-order valence-corrected chi connectivity index (χ3v) is 6.61. The normalized spacial score (nSPS) is 28.6. The number of halogens is 1. The second-order valence-corrected chi connectivity index (χ2v) is 8.78. The van der Waals surface area contributed by atoms with Gasteiger partial charge in [-0.05, 0) is 62.6 Å². The Morgan fingerprint density at radius 2 is 2.14 bits per heavy atom. The highest BCUT2D eigenvalue weighted by molar-refractivity contribution is 5.94. The Balaban J connectivity index is 1.25. The van der Waals surface area contributed by atoms with E-state index in [0.29, 0.717) is 35.5 Å². The molecule has 2 saturated carbocycles. The van der Waals surface area contributed by atoms with Crippen molar-refractivity contribution in [3.8, 4) is 11.5 Å². The van der Waals surface area contributed by atoms with E-state index in [1.54, 1.807) is 6.07 Å². The molecule has 29 heavy (non-hydrogen) atoms. The molecular weight excluding hydrogens is 375 g/mol. The van der Waals surface area contributed by atoms with Crippen LogP contribution in [0.25, 0.3) is 11.5 Å². The quantitative estimate of drug-likeness (QED) is 0.844. The van der Waals surface area contributed by atoms with Crippen molar-refractivity contribution in [2.24, 2.45) is 5.92 Å². The maximum atomic E-state index is 13.9. The van der Waals surface area contributed by atoms with E-state index in [1.807, 2.05) is 4.90 Å². The third kappa shape index (κ3) is 2.92. The third-order valence-electron chi connectivity index (χ3n) is 6.61. The lowest BCUT2D eigenvalue weighted by Crippen LogP contribution is -2.72. The fraction of sp³-hybridized carbons (Fsp3) is 0.571. The predicted octanol–water partition coefficient (Wildman–Crippen LogP) is 3.93. The number of carbonyl (C=O) groups excluding carboxylic acids is 1. The number of nitrogens with one attached hydrogen (secondary N) is 1. The lowest BCUT2D eigenvalue weighted by Gasteiger charge is -2.55. The van der Waals surface area contributed by atoms with Gasteiger partial charge >= 0.3 is 6.03 Å². The van der Waals surface area contributed by atoms with Gasteiger partial charge in [-0.3, -0.25) is 0 Å². The SMILES string of the molecule is O=C(Nc1ccc(F)cc1-c1nc(C2CC2)no1)N1CC2(CCCO2)C1C1CC1. The summed E-state index contributed by atoms with van der Waals surface area (Å²) in [5, 5.41) is 6.96. The summed E-state index contributed by atoms with van der Waals surface area (Å²) in [5.74, 6) is 1.33. The minimum Gasteiger partial charge on any atom is -0.371 e. The average molecular weight is 398 g/mol. The molecule has 2 unspecified atom stereocenters. The largest absolute Gasteiger partial charge is 0.371 e. The first-order valence-electron chi connectivity index (χ1n) is 10.5. The minimum absolute atomic E-state index is 0.138. The van der Waals surface area contributed by atoms with Gasteiger partial charge in [-0.15, -0.1) is 0 Å². The number of rotatable bonds is 4. The molecule has 1 aromatic heterocycles. The van der Waals surface area contributed by atoms with Gasteiger partial charge in [0.1, 0.15) is 11.4 Å². The fourth-order valence-electron chi connectivity index (χ4n) is 4.86. The fourth-order valence-corrected chi connectivity index (χ4v) is 4.86. The van der Waals surface area contributed by atoms with E-state index < -0.39 is 5.82 Å². The molecule has 3 heterocycles. The van der Waals surface area contributed by atoms with E-state index >= 15 is 0 Å². The first kappa shape index (κ1) is 17.4. The average Bonchev–Trinajstić information content (AvgIpc) is 3.61. The van der Waals surface area contributed by atoms with E-state index in [0.717, 1.165) is 45.1 Å². The first-order chi connectivity index (χ1) is 14.1. The van der Waals surface area contributed by atoms with Gasteiger partial charge in [0.25, 0.3) is 5.89 Å². The highest BCUT2D eigenvalue weighted by atomic mass is 19.1. The number of amides is 2. The number of ether oxygens (including phenoxy) is 1. The van der Waals surface area contributed by atoms with Gasteiger partial charge in [0.2, 0.25) is 0 Å². The molecule has 2 aromatic rings. The summed E-state index contributed by atoms with van der Waals surface area (Å²) < 4.78 is 25.3. The maximum absolute atomic E-state index is 13.9. The van der Waals surface area contributed by atoms with Gasteiger partial charge in [0.15, 0.2) is 5.82 Å². The standard InChI is InChI=1S/C21H23FN4O3/c22-14-6-7-16(15(10-14)19-24-18(25-29-19)13-4-5-13)23-20(27)26-11-21(8-1-9-28-21)17(26)12-2-3-12/h6-7,10,12-13,17H,1-5,8-9,11H2,(H,23,27). The van der Waals surface area contributed by atoms with Crippen LogP contribution in [0.4, 0.5) is 14.9 Å². The second-order valence-electron chi connectivity index (χ2n) is 8.78. The molecule has 0 bridgehead atoms. The van der Waals surface area contributed by atoms with E-state index in [9.17, 15) is 9.18 Å². The molecule has 1 aromatic carbocycles. The van der Waals surface area contributed by atoms with Gasteiger partial charge < -0.3 is 19.5 Å². The molecule has 4 aliphatic rings. The Hall–Kier alpha value is -2.48. The van der Waals surface area contributed by atoms with Crippen LogP contribution in [0.1, 0.15) is 50.3 Å². The van der Waals surface area contributed by atoms with Crippen LogP contribution < -0.4 is 5.32 Å². The Bertz CT molecular complexity index is 963. The van der Waals surface area contributed by atoms with E-state index in [4.69, 9.17) is 9.26 Å². The molecule has 2 aliphatic heterocycles. The van der Waals surface area contributed by atoms with Crippen molar-refractivity contribution in [2.75, 3.05) is 18.5 Å². The van der Waals surface area contributed by atoms with Crippen LogP contribution >= 0.6 is 0 Å².